The van der Waals surface area contributed by atoms with E-state index >= 15 is 0 Å². The minimum atomic E-state index is -0.103. The highest BCUT2D eigenvalue weighted by Gasteiger charge is 2.21. The van der Waals surface area contributed by atoms with Crippen LogP contribution in [0.2, 0.25) is 0 Å². The van der Waals surface area contributed by atoms with Crippen LogP contribution in [0.3, 0.4) is 0 Å². The van der Waals surface area contributed by atoms with Gasteiger partial charge in [-0.3, -0.25) is 14.5 Å². The Balaban J connectivity index is 1.31. The second-order valence-corrected chi connectivity index (χ2v) is 8.82. The molecule has 6 nitrogen and oxygen atoms in total. The van der Waals surface area contributed by atoms with Crippen LogP contribution in [-0.2, 0) is 17.8 Å². The number of benzene rings is 1. The third-order valence-electron chi connectivity index (χ3n) is 5.64. The molecule has 7 heteroatoms. The summed E-state index contributed by atoms with van der Waals surface area (Å²) in [5.74, 6) is 0.727. The van der Waals surface area contributed by atoms with Gasteiger partial charge in [-0.1, -0.05) is 30.3 Å². The standard InChI is InChI=1S/C22H26N4O2S/c1-15-16(2)29-22-20(15)21(28)23-18(24-22)8-9-19(27)26-12-10-25(11-13-26)14-17-6-4-3-5-7-17/h3-7H,8-14H2,1-2H3,(H,23,24,28). The zero-order valence-corrected chi connectivity index (χ0v) is 17.7. The smallest absolute Gasteiger partial charge is 0.259 e. The van der Waals surface area contributed by atoms with Crippen LogP contribution in [0.1, 0.15) is 28.2 Å². The zero-order valence-electron chi connectivity index (χ0n) is 16.9. The minimum absolute atomic E-state index is 0.103. The van der Waals surface area contributed by atoms with Crippen LogP contribution in [0, 0.1) is 13.8 Å². The molecule has 1 aromatic carbocycles. The number of thiophene rings is 1. The van der Waals surface area contributed by atoms with Crippen molar-refractivity contribution in [1.82, 2.24) is 19.8 Å². The molecule has 1 N–H and O–H groups in total. The van der Waals surface area contributed by atoms with E-state index in [1.165, 1.54) is 16.9 Å². The predicted molar refractivity (Wildman–Crippen MR) is 116 cm³/mol. The highest BCUT2D eigenvalue weighted by Crippen LogP contribution is 2.25. The van der Waals surface area contributed by atoms with Gasteiger partial charge in [0.05, 0.1) is 5.39 Å². The van der Waals surface area contributed by atoms with Crippen molar-refractivity contribution in [2.45, 2.75) is 33.2 Å². The molecule has 0 saturated carbocycles. The molecule has 152 valence electrons. The maximum Gasteiger partial charge on any atom is 0.259 e. The fraction of sp³-hybridized carbons (Fsp3) is 0.409. The molecule has 0 atom stereocenters. The number of hydrogen-bond acceptors (Lipinski definition) is 5. The SMILES string of the molecule is Cc1sc2nc(CCC(=O)N3CCN(Cc4ccccc4)CC3)[nH]c(=O)c2c1C. The number of aromatic nitrogens is 2. The molecule has 0 radical (unpaired) electrons. The van der Waals surface area contributed by atoms with Crippen LogP contribution >= 0.6 is 11.3 Å². The van der Waals surface area contributed by atoms with Gasteiger partial charge in [0.25, 0.3) is 5.56 Å². The average Bonchev–Trinajstić information content (AvgIpc) is 3.01. The summed E-state index contributed by atoms with van der Waals surface area (Å²) in [4.78, 5) is 38.6. The van der Waals surface area contributed by atoms with E-state index in [2.05, 4.69) is 39.1 Å². The number of aryl methyl sites for hydroxylation is 3. The quantitative estimate of drug-likeness (QED) is 0.702. The summed E-state index contributed by atoms with van der Waals surface area (Å²) in [5.41, 5.74) is 2.19. The van der Waals surface area contributed by atoms with E-state index in [0.717, 1.165) is 48.0 Å². The first-order valence-corrected chi connectivity index (χ1v) is 10.9. The Kier molecular flexibility index (Phi) is 5.78. The summed E-state index contributed by atoms with van der Waals surface area (Å²) in [6.45, 7) is 8.14. The lowest BCUT2D eigenvalue weighted by Crippen LogP contribution is -2.48. The van der Waals surface area contributed by atoms with Crippen molar-refractivity contribution in [3.8, 4) is 0 Å². The fourth-order valence-electron chi connectivity index (χ4n) is 3.80. The van der Waals surface area contributed by atoms with Gasteiger partial charge in [0.2, 0.25) is 5.91 Å². The molecule has 3 aromatic rings. The van der Waals surface area contributed by atoms with Crippen LogP contribution in [-0.4, -0.2) is 51.9 Å². The van der Waals surface area contributed by atoms with E-state index in [4.69, 9.17) is 0 Å². The maximum atomic E-state index is 12.6. The van der Waals surface area contributed by atoms with Crippen LogP contribution in [0.15, 0.2) is 35.1 Å². The Labute approximate surface area is 174 Å². The van der Waals surface area contributed by atoms with E-state index < -0.39 is 0 Å². The van der Waals surface area contributed by atoms with Crippen LogP contribution in [0.4, 0.5) is 0 Å². The van der Waals surface area contributed by atoms with Gasteiger partial charge in [0.15, 0.2) is 0 Å². The summed E-state index contributed by atoms with van der Waals surface area (Å²) in [6, 6.07) is 10.4. The topological polar surface area (TPSA) is 69.3 Å². The Hall–Kier alpha value is -2.51. The number of rotatable bonds is 5. The summed E-state index contributed by atoms with van der Waals surface area (Å²) in [5, 5.41) is 0.678. The molecule has 2 aromatic heterocycles. The largest absolute Gasteiger partial charge is 0.340 e. The number of fused-ring (bicyclic) bond motifs is 1. The Bertz CT molecular complexity index is 1070. The molecule has 1 amide bonds. The number of H-pyrrole nitrogens is 1. The third kappa shape index (κ3) is 4.41. The normalized spacial score (nSPS) is 15.2. The van der Waals surface area contributed by atoms with Crippen molar-refractivity contribution >= 4 is 27.5 Å². The molecule has 0 aliphatic carbocycles. The summed E-state index contributed by atoms with van der Waals surface area (Å²) >= 11 is 1.54. The highest BCUT2D eigenvalue weighted by atomic mass is 32.1. The lowest BCUT2D eigenvalue weighted by Gasteiger charge is -2.34. The van der Waals surface area contributed by atoms with Crippen LogP contribution in [0.25, 0.3) is 10.2 Å². The number of aromatic amines is 1. The zero-order chi connectivity index (χ0) is 20.4. The number of amides is 1. The van der Waals surface area contributed by atoms with Crippen molar-refractivity contribution in [2.24, 2.45) is 0 Å². The number of hydrogen-bond donors (Lipinski definition) is 1. The van der Waals surface area contributed by atoms with Gasteiger partial charge in [-0.25, -0.2) is 4.98 Å². The summed E-state index contributed by atoms with van der Waals surface area (Å²) in [6.07, 6.45) is 0.834. The van der Waals surface area contributed by atoms with Gasteiger partial charge in [-0.2, -0.15) is 0 Å². The minimum Gasteiger partial charge on any atom is -0.340 e. The molecule has 0 spiro atoms. The van der Waals surface area contributed by atoms with Crippen molar-refractivity contribution < 1.29 is 4.79 Å². The third-order valence-corrected chi connectivity index (χ3v) is 6.74. The Morgan fingerprint density at radius 1 is 1.14 bits per heavy atom. The Morgan fingerprint density at radius 2 is 1.86 bits per heavy atom. The van der Waals surface area contributed by atoms with Crippen LogP contribution in [0.5, 0.6) is 0 Å². The van der Waals surface area contributed by atoms with Gasteiger partial charge in [0, 0.05) is 50.4 Å². The van der Waals surface area contributed by atoms with Gasteiger partial charge in [-0.15, -0.1) is 11.3 Å². The van der Waals surface area contributed by atoms with Crippen molar-refractivity contribution in [3.63, 3.8) is 0 Å². The molecule has 29 heavy (non-hydrogen) atoms. The summed E-state index contributed by atoms with van der Waals surface area (Å²) < 4.78 is 0. The van der Waals surface area contributed by atoms with E-state index in [9.17, 15) is 9.59 Å². The van der Waals surface area contributed by atoms with Crippen molar-refractivity contribution in [1.29, 1.82) is 0 Å². The number of nitrogens with one attached hydrogen (secondary N) is 1. The number of nitrogens with zero attached hydrogens (tertiary/aromatic N) is 3. The molecule has 3 heterocycles. The first kappa shape index (κ1) is 19.8. The van der Waals surface area contributed by atoms with E-state index in [-0.39, 0.29) is 11.5 Å². The monoisotopic (exact) mass is 410 g/mol. The molecule has 0 bridgehead atoms. The molecule has 1 aliphatic rings. The Morgan fingerprint density at radius 3 is 2.59 bits per heavy atom. The van der Waals surface area contributed by atoms with Crippen LogP contribution < -0.4 is 5.56 Å². The molecule has 1 saturated heterocycles. The summed E-state index contributed by atoms with van der Waals surface area (Å²) in [7, 11) is 0. The number of carbonyl (C=O) groups is 1. The lowest BCUT2D eigenvalue weighted by atomic mass is 10.2. The highest BCUT2D eigenvalue weighted by molar-refractivity contribution is 7.18. The average molecular weight is 411 g/mol. The second-order valence-electron chi connectivity index (χ2n) is 7.62. The number of carbonyl (C=O) groups excluding carboxylic acids is 1. The van der Waals surface area contributed by atoms with E-state index in [0.29, 0.717) is 24.1 Å². The molecular formula is C22H26N4O2S. The van der Waals surface area contributed by atoms with Crippen molar-refractivity contribution in [3.05, 3.63) is 62.5 Å². The van der Waals surface area contributed by atoms with Gasteiger partial charge < -0.3 is 9.88 Å². The first-order chi connectivity index (χ1) is 14.0. The maximum absolute atomic E-state index is 12.6. The number of piperazine rings is 1. The van der Waals surface area contributed by atoms with Crippen molar-refractivity contribution in [2.75, 3.05) is 26.2 Å². The molecule has 4 rings (SSSR count). The van der Waals surface area contributed by atoms with Gasteiger partial charge in [0.1, 0.15) is 10.7 Å². The van der Waals surface area contributed by atoms with Gasteiger partial charge >= 0.3 is 0 Å². The first-order valence-electron chi connectivity index (χ1n) is 10.0. The second kappa shape index (κ2) is 8.47. The van der Waals surface area contributed by atoms with E-state index in [1.807, 2.05) is 24.8 Å². The molecule has 1 aliphatic heterocycles. The van der Waals surface area contributed by atoms with E-state index in [1.54, 1.807) is 0 Å². The van der Waals surface area contributed by atoms with Gasteiger partial charge in [-0.05, 0) is 25.0 Å². The lowest BCUT2D eigenvalue weighted by molar-refractivity contribution is -0.133. The predicted octanol–water partition coefficient (Wildman–Crippen LogP) is 2.88. The molecule has 0 unspecified atom stereocenters. The fourth-order valence-corrected chi connectivity index (χ4v) is 4.85. The molecular weight excluding hydrogens is 384 g/mol. The molecule has 1 fully saturated rings.